The standard InChI is InChI=1S/C19H23N5O2/c1-13(25)15-5-4-6-16(11-15)22-19(26)17-12-18(21-14(2)20-17)24-9-7-23(3)8-10-24/h4-6,11-12H,7-10H2,1-3H3,(H,22,26). The molecule has 2 heterocycles. The van der Waals surface area contributed by atoms with Crippen molar-refractivity contribution in [3.05, 3.63) is 47.4 Å². The Morgan fingerprint density at radius 1 is 1.08 bits per heavy atom. The van der Waals surface area contributed by atoms with Crippen LogP contribution in [0.3, 0.4) is 0 Å². The molecule has 7 heteroatoms. The smallest absolute Gasteiger partial charge is 0.274 e. The average molecular weight is 353 g/mol. The van der Waals surface area contributed by atoms with E-state index in [0.717, 1.165) is 32.0 Å². The molecule has 1 aromatic heterocycles. The molecule has 3 rings (SSSR count). The molecule has 1 aliphatic rings. The fourth-order valence-corrected chi connectivity index (χ4v) is 2.88. The van der Waals surface area contributed by atoms with E-state index in [1.165, 1.54) is 6.92 Å². The molecular weight excluding hydrogens is 330 g/mol. The second-order valence-corrected chi connectivity index (χ2v) is 6.54. The van der Waals surface area contributed by atoms with E-state index in [1.54, 1.807) is 37.3 Å². The van der Waals surface area contributed by atoms with E-state index in [0.29, 0.717) is 22.8 Å². The van der Waals surface area contributed by atoms with Gasteiger partial charge < -0.3 is 15.1 Å². The molecular formula is C19H23N5O2. The van der Waals surface area contributed by atoms with Crippen LogP contribution in [0.15, 0.2) is 30.3 Å². The normalized spacial score (nSPS) is 15.0. The summed E-state index contributed by atoms with van der Waals surface area (Å²) in [5, 5.41) is 2.81. The molecule has 0 unspecified atom stereocenters. The fraction of sp³-hybridized carbons (Fsp3) is 0.368. The van der Waals surface area contributed by atoms with Gasteiger partial charge in [-0.2, -0.15) is 0 Å². The van der Waals surface area contributed by atoms with Crippen LogP contribution in [0, 0.1) is 6.92 Å². The van der Waals surface area contributed by atoms with E-state index >= 15 is 0 Å². The molecule has 7 nitrogen and oxygen atoms in total. The summed E-state index contributed by atoms with van der Waals surface area (Å²) in [7, 11) is 2.09. The first-order valence-electron chi connectivity index (χ1n) is 8.64. The summed E-state index contributed by atoms with van der Waals surface area (Å²) in [5.74, 6) is 0.972. The largest absolute Gasteiger partial charge is 0.354 e. The van der Waals surface area contributed by atoms with Gasteiger partial charge >= 0.3 is 0 Å². The predicted molar refractivity (Wildman–Crippen MR) is 101 cm³/mol. The lowest BCUT2D eigenvalue weighted by atomic mass is 10.1. The zero-order valence-electron chi connectivity index (χ0n) is 15.3. The number of Topliss-reactive ketones (excluding diaryl/α,β-unsaturated/α-hetero) is 1. The maximum absolute atomic E-state index is 12.6. The van der Waals surface area contributed by atoms with Gasteiger partial charge in [0.2, 0.25) is 0 Å². The lowest BCUT2D eigenvalue weighted by Gasteiger charge is -2.33. The maximum atomic E-state index is 12.6. The molecule has 0 saturated carbocycles. The van der Waals surface area contributed by atoms with Crippen molar-refractivity contribution in [1.29, 1.82) is 0 Å². The van der Waals surface area contributed by atoms with Crippen LogP contribution < -0.4 is 10.2 Å². The van der Waals surface area contributed by atoms with Crippen molar-refractivity contribution in [3.63, 3.8) is 0 Å². The van der Waals surface area contributed by atoms with Gasteiger partial charge in [-0.25, -0.2) is 9.97 Å². The van der Waals surface area contributed by atoms with Gasteiger partial charge in [-0.05, 0) is 33.0 Å². The van der Waals surface area contributed by atoms with E-state index in [1.807, 2.05) is 0 Å². The highest BCUT2D eigenvalue weighted by Gasteiger charge is 2.18. The number of nitrogens with one attached hydrogen (secondary N) is 1. The number of piperazine rings is 1. The molecule has 0 spiro atoms. The second kappa shape index (κ2) is 7.61. The zero-order chi connectivity index (χ0) is 18.7. The number of aryl methyl sites for hydroxylation is 1. The molecule has 2 aromatic rings. The van der Waals surface area contributed by atoms with Crippen LogP contribution in [0.2, 0.25) is 0 Å². The minimum Gasteiger partial charge on any atom is -0.354 e. The zero-order valence-corrected chi connectivity index (χ0v) is 15.3. The summed E-state index contributed by atoms with van der Waals surface area (Å²) in [4.78, 5) is 37.3. The summed E-state index contributed by atoms with van der Waals surface area (Å²) in [5.41, 5.74) is 1.44. The van der Waals surface area contributed by atoms with Crippen LogP contribution in [0.5, 0.6) is 0 Å². The van der Waals surface area contributed by atoms with Gasteiger partial charge in [0.15, 0.2) is 5.78 Å². The number of benzene rings is 1. The van der Waals surface area contributed by atoms with Crippen molar-refractivity contribution >= 4 is 23.2 Å². The summed E-state index contributed by atoms with van der Waals surface area (Å²) >= 11 is 0. The number of rotatable bonds is 4. The van der Waals surface area contributed by atoms with Crippen molar-refractivity contribution < 1.29 is 9.59 Å². The third kappa shape index (κ3) is 4.23. The van der Waals surface area contributed by atoms with E-state index in [9.17, 15) is 9.59 Å². The molecule has 1 saturated heterocycles. The number of hydrogen-bond donors (Lipinski definition) is 1. The van der Waals surface area contributed by atoms with Crippen molar-refractivity contribution in [2.45, 2.75) is 13.8 Å². The van der Waals surface area contributed by atoms with Gasteiger partial charge in [0.1, 0.15) is 17.3 Å². The van der Waals surface area contributed by atoms with Gasteiger partial charge in [-0.1, -0.05) is 12.1 Å². The molecule has 1 N–H and O–H groups in total. The Morgan fingerprint density at radius 3 is 2.50 bits per heavy atom. The number of nitrogens with zero attached hydrogens (tertiary/aromatic N) is 4. The molecule has 1 aliphatic heterocycles. The Balaban J connectivity index is 1.79. The average Bonchev–Trinajstić information content (AvgIpc) is 2.62. The SMILES string of the molecule is CC(=O)c1cccc(NC(=O)c2cc(N3CCN(C)CC3)nc(C)n2)c1. The Hall–Kier alpha value is -2.80. The number of aromatic nitrogens is 2. The van der Waals surface area contributed by atoms with Crippen LogP contribution >= 0.6 is 0 Å². The van der Waals surface area contributed by atoms with E-state index in [4.69, 9.17) is 0 Å². The van der Waals surface area contributed by atoms with Crippen LogP contribution in [0.4, 0.5) is 11.5 Å². The lowest BCUT2D eigenvalue weighted by Crippen LogP contribution is -2.45. The van der Waals surface area contributed by atoms with Gasteiger partial charge in [-0.15, -0.1) is 0 Å². The highest BCUT2D eigenvalue weighted by atomic mass is 16.2. The monoisotopic (exact) mass is 353 g/mol. The summed E-state index contributed by atoms with van der Waals surface area (Å²) < 4.78 is 0. The number of carbonyl (C=O) groups excluding carboxylic acids is 2. The summed E-state index contributed by atoms with van der Waals surface area (Å²) in [6.45, 7) is 6.94. The van der Waals surface area contributed by atoms with Crippen molar-refractivity contribution in [2.75, 3.05) is 43.4 Å². The third-order valence-electron chi connectivity index (χ3n) is 4.41. The first kappa shape index (κ1) is 18.0. The van der Waals surface area contributed by atoms with Crippen LogP contribution in [0.25, 0.3) is 0 Å². The molecule has 1 amide bonds. The molecule has 0 aliphatic carbocycles. The lowest BCUT2D eigenvalue weighted by molar-refractivity contribution is 0.100. The molecule has 26 heavy (non-hydrogen) atoms. The highest BCUT2D eigenvalue weighted by Crippen LogP contribution is 2.17. The third-order valence-corrected chi connectivity index (χ3v) is 4.41. The van der Waals surface area contributed by atoms with Gasteiger partial charge in [-0.3, -0.25) is 9.59 Å². The fourth-order valence-electron chi connectivity index (χ4n) is 2.88. The Morgan fingerprint density at radius 2 is 1.81 bits per heavy atom. The Kier molecular flexibility index (Phi) is 5.27. The minimum absolute atomic E-state index is 0.0451. The first-order valence-corrected chi connectivity index (χ1v) is 8.64. The minimum atomic E-state index is -0.313. The van der Waals surface area contributed by atoms with Crippen LogP contribution in [-0.2, 0) is 0 Å². The van der Waals surface area contributed by atoms with Crippen molar-refractivity contribution in [2.24, 2.45) is 0 Å². The first-order chi connectivity index (χ1) is 12.4. The van der Waals surface area contributed by atoms with Crippen molar-refractivity contribution in [1.82, 2.24) is 14.9 Å². The Labute approximate surface area is 153 Å². The number of ketones is 1. The number of carbonyl (C=O) groups is 2. The summed E-state index contributed by atoms with van der Waals surface area (Å²) in [6.07, 6.45) is 0. The van der Waals surface area contributed by atoms with E-state index in [-0.39, 0.29) is 11.7 Å². The molecule has 136 valence electrons. The summed E-state index contributed by atoms with van der Waals surface area (Å²) in [6, 6.07) is 8.60. The predicted octanol–water partition coefficient (Wildman–Crippen LogP) is 1.99. The topological polar surface area (TPSA) is 78.4 Å². The van der Waals surface area contributed by atoms with Gasteiger partial charge in [0.25, 0.3) is 5.91 Å². The highest BCUT2D eigenvalue weighted by molar-refractivity contribution is 6.04. The van der Waals surface area contributed by atoms with E-state index < -0.39 is 0 Å². The molecule has 0 radical (unpaired) electrons. The number of likely N-dealkylation sites (N-methyl/N-ethyl adjacent to an activating group) is 1. The number of amides is 1. The molecule has 1 fully saturated rings. The number of anilines is 2. The van der Waals surface area contributed by atoms with E-state index in [2.05, 4.69) is 32.1 Å². The Bertz CT molecular complexity index is 828. The molecule has 0 atom stereocenters. The van der Waals surface area contributed by atoms with Gasteiger partial charge in [0, 0.05) is 43.5 Å². The van der Waals surface area contributed by atoms with Crippen LogP contribution in [-0.4, -0.2) is 59.8 Å². The number of hydrogen-bond acceptors (Lipinski definition) is 6. The van der Waals surface area contributed by atoms with Crippen molar-refractivity contribution in [3.8, 4) is 0 Å². The quantitative estimate of drug-likeness (QED) is 0.847. The van der Waals surface area contributed by atoms with Gasteiger partial charge in [0.05, 0.1) is 0 Å². The van der Waals surface area contributed by atoms with Crippen LogP contribution in [0.1, 0.15) is 33.6 Å². The maximum Gasteiger partial charge on any atom is 0.274 e. The molecule has 0 bridgehead atoms. The second-order valence-electron chi connectivity index (χ2n) is 6.54. The molecule has 1 aromatic carbocycles.